The summed E-state index contributed by atoms with van der Waals surface area (Å²) in [5.41, 5.74) is 20.7. The molecule has 0 aliphatic heterocycles. The lowest BCUT2D eigenvalue weighted by atomic mass is 10.2. The van der Waals surface area contributed by atoms with Crippen LogP contribution in [0.15, 0.2) is 489 Å². The van der Waals surface area contributed by atoms with E-state index < -0.39 is 0 Å². The molecule has 0 saturated carbocycles. The standard InChI is InChI=1S/9C7H8.4C6H7N.5C5H6N2.2C4H5N3/c9*1-7-5-3-2-4-6-7;1-6-2-4-7-5-3-6;1-6-3-2-4-7-5-6;2*1-6-4-2-3-5-7-6;2*1-5-2-6-4-7-3-5;2*1-5-2-3-6-4-7-5;1-5-6-3-2-4-7-5;2*1-4-6-2-5-3-7-4/h9*2-6H,1H3;4*2-5H,1H3;5*2-4H,1H3;2*2-3H,1H3. The maximum atomic E-state index is 3.98. The summed E-state index contributed by atoms with van der Waals surface area (Å²) in [4.78, 5) is 76.0. The van der Waals surface area contributed by atoms with Gasteiger partial charge < -0.3 is 0 Å². The summed E-state index contributed by atoms with van der Waals surface area (Å²) < 4.78 is 0. The Kier molecular flexibility index (Phi) is 75.5. The molecule has 0 spiro atoms. The van der Waals surface area contributed by atoms with Crippen LogP contribution < -0.4 is 0 Å². The van der Waals surface area contributed by atoms with Gasteiger partial charge in [-0.3, -0.25) is 19.9 Å². The number of benzene rings is 9. The fourth-order valence-electron chi connectivity index (χ4n) is 9.01. The van der Waals surface area contributed by atoms with E-state index in [0.717, 1.165) is 51.4 Å². The molecule has 720 valence electrons. The Morgan fingerprint density at radius 1 is 0.107 bits per heavy atom. The third kappa shape index (κ3) is 85.2. The second kappa shape index (κ2) is 87.3. The highest BCUT2D eigenvalue weighted by molar-refractivity contribution is 5.19. The first kappa shape index (κ1) is 121. The molecule has 20 aromatic rings. The number of hydrogen-bond acceptors (Lipinski definition) is 20. The molecule has 9 aromatic carbocycles. The van der Waals surface area contributed by atoms with E-state index in [1.807, 2.05) is 319 Å². The van der Waals surface area contributed by atoms with E-state index in [0.29, 0.717) is 0 Å². The van der Waals surface area contributed by atoms with Crippen molar-refractivity contribution < 1.29 is 0 Å². The van der Waals surface area contributed by atoms with Gasteiger partial charge in [0.05, 0.1) is 0 Å². The van der Waals surface area contributed by atoms with Crippen molar-refractivity contribution in [1.82, 2.24) is 99.7 Å². The van der Waals surface area contributed by atoms with Crippen LogP contribution in [0.2, 0.25) is 0 Å². The van der Waals surface area contributed by atoms with Crippen LogP contribution in [-0.2, 0) is 0 Å². The molecule has 0 fully saturated rings. The summed E-state index contributed by atoms with van der Waals surface area (Å²) in [7, 11) is 0. The number of nitrogens with zero attached hydrogens (tertiary/aromatic N) is 20. The van der Waals surface area contributed by atoms with Crippen molar-refractivity contribution in [3.63, 3.8) is 0 Å². The minimum absolute atomic E-state index is 0.759. The van der Waals surface area contributed by atoms with Crippen molar-refractivity contribution in [2.45, 2.75) is 138 Å². The molecule has 0 atom stereocenters. The van der Waals surface area contributed by atoms with Crippen molar-refractivity contribution in [1.29, 1.82) is 0 Å². The van der Waals surface area contributed by atoms with Gasteiger partial charge in [0, 0.05) is 110 Å². The zero-order chi connectivity index (χ0) is 102. The van der Waals surface area contributed by atoms with Crippen LogP contribution >= 0.6 is 0 Å². The molecule has 0 amide bonds. The lowest BCUT2D eigenvalue weighted by molar-refractivity contribution is 0.973. The van der Waals surface area contributed by atoms with E-state index in [1.54, 1.807) is 86.6 Å². The zero-order valence-electron chi connectivity index (χ0n) is 85.1. The maximum Gasteiger partial charge on any atom is 0.128 e. The first-order valence-electron chi connectivity index (χ1n) is 45.3. The van der Waals surface area contributed by atoms with Crippen molar-refractivity contribution in [3.8, 4) is 0 Å². The van der Waals surface area contributed by atoms with Crippen LogP contribution in [0.4, 0.5) is 0 Å². The molecule has 0 N–H and O–H groups in total. The van der Waals surface area contributed by atoms with Crippen LogP contribution in [-0.4, -0.2) is 99.7 Å². The molecular weight excluding hydrogens is 1720 g/mol. The van der Waals surface area contributed by atoms with Crippen molar-refractivity contribution in [3.05, 3.63) is 602 Å². The van der Waals surface area contributed by atoms with Gasteiger partial charge in [-0.05, 0) is 221 Å². The highest BCUT2D eigenvalue weighted by Gasteiger charge is 1.86. The van der Waals surface area contributed by atoms with E-state index in [2.05, 4.69) is 271 Å². The van der Waals surface area contributed by atoms with Crippen molar-refractivity contribution in [2.24, 2.45) is 0 Å². The molecule has 20 heteroatoms. The fourth-order valence-corrected chi connectivity index (χ4v) is 9.01. The van der Waals surface area contributed by atoms with Gasteiger partial charge in [-0.25, -0.2) is 79.7 Å². The van der Waals surface area contributed by atoms with Crippen LogP contribution in [0.1, 0.15) is 113 Å². The number of aryl methyl sites for hydroxylation is 20. The van der Waals surface area contributed by atoms with E-state index in [9.17, 15) is 0 Å². The Labute approximate surface area is 834 Å². The van der Waals surface area contributed by atoms with Gasteiger partial charge in [0.15, 0.2) is 0 Å². The van der Waals surface area contributed by atoms with Gasteiger partial charge in [0.1, 0.15) is 68.1 Å². The van der Waals surface area contributed by atoms with Gasteiger partial charge in [0.25, 0.3) is 0 Å². The maximum absolute atomic E-state index is 3.98. The molecule has 11 aromatic heterocycles. The largest absolute Gasteiger partial charge is 0.265 e. The van der Waals surface area contributed by atoms with Crippen LogP contribution in [0, 0.1) is 138 Å². The number of hydrogen-bond donors (Lipinski definition) is 0. The topological polar surface area (TPSA) is 258 Å². The van der Waals surface area contributed by atoms with E-state index in [1.165, 1.54) is 112 Å². The zero-order valence-corrected chi connectivity index (χ0v) is 85.1. The third-order valence-corrected chi connectivity index (χ3v) is 16.5. The van der Waals surface area contributed by atoms with Crippen molar-refractivity contribution in [2.75, 3.05) is 0 Å². The van der Waals surface area contributed by atoms with Gasteiger partial charge in [-0.1, -0.05) is 341 Å². The molecule has 20 nitrogen and oxygen atoms in total. The summed E-state index contributed by atoms with van der Waals surface area (Å²) in [6.45, 7) is 40.0. The molecule has 0 bridgehead atoms. The van der Waals surface area contributed by atoms with Crippen LogP contribution in [0.5, 0.6) is 0 Å². The first-order chi connectivity index (χ1) is 67.9. The highest BCUT2D eigenvalue weighted by Crippen LogP contribution is 2.01. The molecule has 0 unspecified atom stereocenters. The minimum Gasteiger partial charge on any atom is -0.265 e. The molecule has 140 heavy (non-hydrogen) atoms. The highest BCUT2D eigenvalue weighted by atomic mass is 15.0. The summed E-state index contributed by atoms with van der Waals surface area (Å²) in [5.74, 6) is 2.34. The Bertz CT molecular complexity index is 4300. The lowest BCUT2D eigenvalue weighted by Crippen LogP contribution is -1.84. The molecule has 20 rings (SSSR count). The molecule has 0 aliphatic rings. The monoisotopic (exact) mass is 1860 g/mol. The Morgan fingerprint density at radius 3 is 0.429 bits per heavy atom. The van der Waals surface area contributed by atoms with E-state index in [-0.39, 0.29) is 0 Å². The van der Waals surface area contributed by atoms with Gasteiger partial charge in [-0.15, -0.1) is 0 Å². The molecule has 0 aliphatic carbocycles. The second-order valence-electron chi connectivity index (χ2n) is 30.1. The number of rotatable bonds is 0. The Balaban J connectivity index is 0.000000737. The molecular formula is C120H140N20. The smallest absolute Gasteiger partial charge is 0.128 e. The predicted octanol–water partition coefficient (Wildman–Crippen LogP) is 27.8. The van der Waals surface area contributed by atoms with E-state index in [4.69, 9.17) is 0 Å². The lowest BCUT2D eigenvalue weighted by Gasteiger charge is -1.82. The summed E-state index contributed by atoms with van der Waals surface area (Å²) in [6, 6.07) is 117. The Morgan fingerprint density at radius 2 is 0.314 bits per heavy atom. The molecule has 0 saturated heterocycles. The summed E-state index contributed by atoms with van der Waals surface area (Å²) >= 11 is 0. The summed E-state index contributed by atoms with van der Waals surface area (Å²) in [5, 5.41) is 0. The number of aromatic nitrogens is 20. The molecule has 11 heterocycles. The van der Waals surface area contributed by atoms with Crippen LogP contribution in [0.3, 0.4) is 0 Å². The normalized spacial score (nSPS) is 8.71. The fraction of sp³-hybridized carbons (Fsp3) is 0.167. The van der Waals surface area contributed by atoms with Crippen molar-refractivity contribution >= 4 is 0 Å². The van der Waals surface area contributed by atoms with Gasteiger partial charge >= 0.3 is 0 Å². The van der Waals surface area contributed by atoms with Crippen LogP contribution in [0.25, 0.3) is 0 Å². The number of pyridine rings is 4. The first-order valence-corrected chi connectivity index (χ1v) is 45.3. The van der Waals surface area contributed by atoms with Gasteiger partial charge in [0.2, 0.25) is 0 Å². The summed E-state index contributed by atoms with van der Waals surface area (Å²) in [6.07, 6.45) is 36.7. The second-order valence-corrected chi connectivity index (χ2v) is 30.1. The quantitative estimate of drug-likeness (QED) is 0.137. The SMILES string of the molecule is Cc1ccccc1.Cc1ccccc1.Cc1ccccc1.Cc1ccccc1.Cc1ccccc1.Cc1ccccc1.Cc1ccccc1.Cc1ccccc1.Cc1ccccc1.Cc1ccccn1.Cc1ccccn1.Cc1cccnc1.Cc1ccncc1.Cc1ccncn1.Cc1ccncn1.Cc1cncnc1.Cc1cncnc1.Cc1ncccn1.Cc1ncncn1.Cc1ncncn1. The predicted molar refractivity (Wildman–Crippen MR) is 579 cm³/mol. The average Bonchev–Trinajstić information content (AvgIpc) is 1.25. The van der Waals surface area contributed by atoms with Gasteiger partial charge in [-0.2, -0.15) is 0 Å². The third-order valence-electron chi connectivity index (χ3n) is 16.5. The average molecular weight is 1860 g/mol. The minimum atomic E-state index is 0.759. The molecule has 0 radical (unpaired) electrons. The van der Waals surface area contributed by atoms with E-state index >= 15 is 0 Å². The Hall–Kier alpha value is -17.0.